The van der Waals surface area contributed by atoms with Crippen LogP contribution in [0.15, 0.2) is 18.2 Å². The Hall–Kier alpha value is -0.730. The maximum Gasteiger partial charge on any atom is 0.309 e. The van der Waals surface area contributed by atoms with E-state index < -0.39 is 11.4 Å². The van der Waals surface area contributed by atoms with Gasteiger partial charge in [0.15, 0.2) is 0 Å². The molecule has 0 aliphatic heterocycles. The Labute approximate surface area is 112 Å². The maximum atomic E-state index is 11.3. The third-order valence-corrected chi connectivity index (χ3v) is 3.51. The molecule has 1 rings (SSSR count). The maximum absolute atomic E-state index is 11.3. The number of aliphatic carboxylic acids is 1. The Morgan fingerprint density at radius 1 is 1.41 bits per heavy atom. The summed E-state index contributed by atoms with van der Waals surface area (Å²) in [5.41, 5.74) is 0.000748. The van der Waals surface area contributed by atoms with E-state index in [1.54, 1.807) is 25.1 Å². The van der Waals surface area contributed by atoms with Crippen molar-refractivity contribution in [1.82, 2.24) is 0 Å². The second-order valence-electron chi connectivity index (χ2n) is 4.53. The summed E-state index contributed by atoms with van der Waals surface area (Å²) in [5.74, 6) is -0.796. The van der Waals surface area contributed by atoms with Crippen molar-refractivity contribution in [2.75, 3.05) is 0 Å². The fraction of sp³-hybridized carbons (Fsp3) is 0.462. The molecule has 4 heteroatoms. The zero-order valence-electron chi connectivity index (χ0n) is 9.96. The molecule has 0 heterocycles. The molecule has 1 aromatic rings. The molecule has 94 valence electrons. The second-order valence-corrected chi connectivity index (χ2v) is 5.37. The van der Waals surface area contributed by atoms with Crippen LogP contribution in [-0.2, 0) is 11.2 Å². The number of carboxylic acids is 1. The van der Waals surface area contributed by atoms with E-state index in [0.29, 0.717) is 22.9 Å². The molecule has 0 aliphatic carbocycles. The van der Waals surface area contributed by atoms with E-state index in [1.807, 2.05) is 6.92 Å². The molecule has 0 amide bonds. The summed E-state index contributed by atoms with van der Waals surface area (Å²) in [6.07, 6.45) is 1.84. The van der Waals surface area contributed by atoms with Crippen LogP contribution in [0, 0.1) is 5.41 Å². The molecule has 1 atom stereocenters. The zero-order valence-corrected chi connectivity index (χ0v) is 11.5. The summed E-state index contributed by atoms with van der Waals surface area (Å²) in [7, 11) is 0. The first-order chi connectivity index (χ1) is 7.89. The largest absolute Gasteiger partial charge is 0.481 e. The lowest BCUT2D eigenvalue weighted by Crippen LogP contribution is -2.30. The van der Waals surface area contributed by atoms with Crippen LogP contribution in [0.3, 0.4) is 0 Å². The number of hydrogen-bond donors (Lipinski definition) is 1. The van der Waals surface area contributed by atoms with Gasteiger partial charge in [0.2, 0.25) is 0 Å². The third-order valence-electron chi connectivity index (χ3n) is 2.91. The quantitative estimate of drug-likeness (QED) is 0.863. The highest BCUT2D eigenvalue weighted by molar-refractivity contribution is 6.33. The molecule has 0 fully saturated rings. The van der Waals surface area contributed by atoms with E-state index >= 15 is 0 Å². The monoisotopic (exact) mass is 274 g/mol. The smallest absolute Gasteiger partial charge is 0.309 e. The van der Waals surface area contributed by atoms with E-state index in [0.717, 1.165) is 12.0 Å². The molecule has 1 N–H and O–H groups in total. The van der Waals surface area contributed by atoms with E-state index in [9.17, 15) is 9.90 Å². The predicted molar refractivity (Wildman–Crippen MR) is 70.8 cm³/mol. The molecule has 0 spiro atoms. The number of halogens is 2. The minimum atomic E-state index is -0.796. The van der Waals surface area contributed by atoms with Crippen LogP contribution in [-0.4, -0.2) is 11.1 Å². The van der Waals surface area contributed by atoms with Gasteiger partial charge in [-0.3, -0.25) is 4.79 Å². The van der Waals surface area contributed by atoms with Gasteiger partial charge < -0.3 is 5.11 Å². The fourth-order valence-corrected chi connectivity index (χ4v) is 2.30. The molecule has 1 unspecified atom stereocenters. The lowest BCUT2D eigenvalue weighted by Gasteiger charge is -2.24. The molecule has 0 aromatic heterocycles. The predicted octanol–water partition coefficient (Wildman–Crippen LogP) is 4.43. The second kappa shape index (κ2) is 5.74. The number of hydrogen-bond acceptors (Lipinski definition) is 1. The van der Waals surface area contributed by atoms with Crippen molar-refractivity contribution in [3.8, 4) is 0 Å². The lowest BCUT2D eigenvalue weighted by atomic mass is 9.80. The number of rotatable bonds is 5. The van der Waals surface area contributed by atoms with Crippen LogP contribution in [0.5, 0.6) is 0 Å². The van der Waals surface area contributed by atoms with Crippen LogP contribution in [0.25, 0.3) is 0 Å². The highest BCUT2D eigenvalue weighted by Crippen LogP contribution is 2.32. The lowest BCUT2D eigenvalue weighted by molar-refractivity contribution is -0.148. The Kier molecular flexibility index (Phi) is 4.84. The summed E-state index contributed by atoms with van der Waals surface area (Å²) in [6, 6.07) is 5.14. The molecular formula is C13H16Cl2O2. The van der Waals surface area contributed by atoms with Crippen molar-refractivity contribution in [3.63, 3.8) is 0 Å². The highest BCUT2D eigenvalue weighted by Gasteiger charge is 2.32. The van der Waals surface area contributed by atoms with Gasteiger partial charge in [0.05, 0.1) is 5.41 Å². The number of carbonyl (C=O) groups is 1. The summed E-state index contributed by atoms with van der Waals surface area (Å²) >= 11 is 12.0. The minimum Gasteiger partial charge on any atom is -0.481 e. The molecule has 0 saturated carbocycles. The fourth-order valence-electron chi connectivity index (χ4n) is 1.92. The normalized spacial score (nSPS) is 14.4. The van der Waals surface area contributed by atoms with Crippen LogP contribution in [0.4, 0.5) is 0 Å². The van der Waals surface area contributed by atoms with Crippen molar-refractivity contribution in [3.05, 3.63) is 33.8 Å². The van der Waals surface area contributed by atoms with Crippen molar-refractivity contribution >= 4 is 29.2 Å². The summed E-state index contributed by atoms with van der Waals surface area (Å²) in [5, 5.41) is 10.5. The van der Waals surface area contributed by atoms with Gasteiger partial charge in [-0.05, 0) is 43.5 Å². The summed E-state index contributed by atoms with van der Waals surface area (Å²) in [4.78, 5) is 11.3. The summed E-state index contributed by atoms with van der Waals surface area (Å²) in [6.45, 7) is 3.72. The van der Waals surface area contributed by atoms with Crippen LogP contribution >= 0.6 is 23.2 Å². The molecule has 2 nitrogen and oxygen atoms in total. The number of benzene rings is 1. The van der Waals surface area contributed by atoms with Gasteiger partial charge in [-0.15, -0.1) is 0 Å². The zero-order chi connectivity index (χ0) is 13.1. The minimum absolute atomic E-state index is 0.398. The Morgan fingerprint density at radius 2 is 2.06 bits per heavy atom. The first kappa shape index (κ1) is 14.3. The molecule has 0 bridgehead atoms. The topological polar surface area (TPSA) is 37.3 Å². The van der Waals surface area contributed by atoms with Gasteiger partial charge in [-0.1, -0.05) is 36.5 Å². The van der Waals surface area contributed by atoms with Gasteiger partial charge in [0, 0.05) is 10.0 Å². The van der Waals surface area contributed by atoms with Crippen molar-refractivity contribution in [2.24, 2.45) is 5.41 Å². The van der Waals surface area contributed by atoms with Crippen LogP contribution < -0.4 is 0 Å². The Bertz CT molecular complexity index is 418. The molecule has 17 heavy (non-hydrogen) atoms. The van der Waals surface area contributed by atoms with Crippen LogP contribution in [0.2, 0.25) is 10.0 Å². The van der Waals surface area contributed by atoms with Gasteiger partial charge in [-0.2, -0.15) is 0 Å². The Morgan fingerprint density at radius 3 is 2.59 bits per heavy atom. The average Bonchev–Trinajstić information content (AvgIpc) is 2.23. The summed E-state index contributed by atoms with van der Waals surface area (Å²) < 4.78 is 0. The van der Waals surface area contributed by atoms with E-state index in [1.165, 1.54) is 0 Å². The van der Waals surface area contributed by atoms with E-state index in [4.69, 9.17) is 23.2 Å². The van der Waals surface area contributed by atoms with E-state index in [-0.39, 0.29) is 0 Å². The number of carboxylic acid groups (broad SMARTS) is 1. The van der Waals surface area contributed by atoms with Gasteiger partial charge in [0.25, 0.3) is 0 Å². The molecular weight excluding hydrogens is 259 g/mol. The highest BCUT2D eigenvalue weighted by atomic mass is 35.5. The van der Waals surface area contributed by atoms with Gasteiger partial charge >= 0.3 is 5.97 Å². The van der Waals surface area contributed by atoms with Gasteiger partial charge in [-0.25, -0.2) is 0 Å². The Balaban J connectivity index is 3.01. The van der Waals surface area contributed by atoms with Crippen LogP contribution in [0.1, 0.15) is 32.3 Å². The first-order valence-electron chi connectivity index (χ1n) is 5.56. The molecule has 0 radical (unpaired) electrons. The van der Waals surface area contributed by atoms with Crippen molar-refractivity contribution in [2.45, 2.75) is 33.1 Å². The van der Waals surface area contributed by atoms with E-state index in [2.05, 4.69) is 0 Å². The van der Waals surface area contributed by atoms with Gasteiger partial charge in [0.1, 0.15) is 0 Å². The van der Waals surface area contributed by atoms with Crippen molar-refractivity contribution in [1.29, 1.82) is 0 Å². The SMILES string of the molecule is CCCC(C)(Cc1cc(Cl)ccc1Cl)C(=O)O. The molecule has 0 aliphatic rings. The first-order valence-corrected chi connectivity index (χ1v) is 6.32. The third kappa shape index (κ3) is 3.62. The average molecular weight is 275 g/mol. The molecule has 0 saturated heterocycles. The van der Waals surface area contributed by atoms with Crippen molar-refractivity contribution < 1.29 is 9.90 Å². The standard InChI is InChI=1S/C13H16Cl2O2/c1-3-6-13(2,12(16)17)8-9-7-10(14)4-5-11(9)15/h4-5,7H,3,6,8H2,1-2H3,(H,16,17). The molecule has 1 aromatic carbocycles.